The van der Waals surface area contributed by atoms with E-state index in [4.69, 9.17) is 26.8 Å². The third kappa shape index (κ3) is 4.18. The van der Waals surface area contributed by atoms with Gasteiger partial charge in [0.2, 0.25) is 6.79 Å². The lowest BCUT2D eigenvalue weighted by molar-refractivity contribution is 0.174. The maximum Gasteiger partial charge on any atom is 0.231 e. The van der Waals surface area contributed by atoms with E-state index in [0.717, 1.165) is 5.75 Å². The maximum atomic E-state index is 6.15. The fourth-order valence-corrected chi connectivity index (χ4v) is 2.75. The molecule has 0 aromatic heterocycles. The number of hydrogen-bond acceptors (Lipinski definition) is 5. The van der Waals surface area contributed by atoms with Crippen LogP contribution in [0.1, 0.15) is 11.1 Å². The third-order valence-electron chi connectivity index (χ3n) is 3.07. The summed E-state index contributed by atoms with van der Waals surface area (Å²) in [6.45, 7) is 0.202. The van der Waals surface area contributed by atoms with Gasteiger partial charge in [0, 0.05) is 17.4 Å². The standard InChI is InChI=1S/C16H14ClN3O2S/c17-13-7-15-14(21-10-22-15)6-12(13)8-19-20-16(18)23-9-11-4-2-1-3-5-11/h1-8H,9-10H2,(H2,18,20). The predicted octanol–water partition coefficient (Wildman–Crippen LogP) is 3.65. The van der Waals surface area contributed by atoms with Crippen LogP contribution in [0.4, 0.5) is 0 Å². The second-order valence-corrected chi connectivity index (χ2v) is 6.09. The first-order valence-electron chi connectivity index (χ1n) is 6.85. The van der Waals surface area contributed by atoms with Crippen molar-refractivity contribution in [2.24, 2.45) is 15.9 Å². The second-order valence-electron chi connectivity index (χ2n) is 4.68. The van der Waals surface area contributed by atoms with Crippen molar-refractivity contribution in [3.8, 4) is 11.5 Å². The molecule has 1 heterocycles. The summed E-state index contributed by atoms with van der Waals surface area (Å²) in [5, 5.41) is 8.85. The van der Waals surface area contributed by atoms with Gasteiger partial charge in [-0.25, -0.2) is 0 Å². The van der Waals surface area contributed by atoms with E-state index < -0.39 is 0 Å². The minimum atomic E-state index is 0.202. The Labute approximate surface area is 143 Å². The van der Waals surface area contributed by atoms with Crippen LogP contribution in [0.25, 0.3) is 0 Å². The number of thioether (sulfide) groups is 1. The summed E-state index contributed by atoms with van der Waals surface area (Å²) >= 11 is 7.58. The first kappa shape index (κ1) is 15.7. The second kappa shape index (κ2) is 7.39. The Morgan fingerprint density at radius 1 is 1.22 bits per heavy atom. The monoisotopic (exact) mass is 347 g/mol. The molecule has 0 bridgehead atoms. The molecule has 2 aromatic rings. The maximum absolute atomic E-state index is 6.15. The van der Waals surface area contributed by atoms with Crippen molar-refractivity contribution in [1.29, 1.82) is 0 Å². The Morgan fingerprint density at radius 2 is 1.96 bits per heavy atom. The van der Waals surface area contributed by atoms with Gasteiger partial charge in [0.15, 0.2) is 16.7 Å². The van der Waals surface area contributed by atoms with Gasteiger partial charge in [-0.05, 0) is 11.6 Å². The molecule has 3 rings (SSSR count). The summed E-state index contributed by atoms with van der Waals surface area (Å²) in [7, 11) is 0. The van der Waals surface area contributed by atoms with Crippen LogP contribution in [0.2, 0.25) is 5.02 Å². The zero-order valence-electron chi connectivity index (χ0n) is 12.1. The van der Waals surface area contributed by atoms with E-state index in [2.05, 4.69) is 10.2 Å². The molecule has 0 saturated heterocycles. The van der Waals surface area contributed by atoms with Crippen LogP contribution < -0.4 is 15.2 Å². The van der Waals surface area contributed by atoms with Crippen LogP contribution in [0, 0.1) is 0 Å². The molecular weight excluding hydrogens is 334 g/mol. The van der Waals surface area contributed by atoms with Gasteiger partial charge in [-0.1, -0.05) is 53.7 Å². The first-order chi connectivity index (χ1) is 11.2. The van der Waals surface area contributed by atoms with Crippen LogP contribution in [0.3, 0.4) is 0 Å². The lowest BCUT2D eigenvalue weighted by Gasteiger charge is -2.01. The molecule has 0 spiro atoms. The molecule has 0 saturated carbocycles. The van der Waals surface area contributed by atoms with Gasteiger partial charge < -0.3 is 15.2 Å². The molecule has 0 atom stereocenters. The molecule has 0 radical (unpaired) electrons. The van der Waals surface area contributed by atoms with E-state index in [1.807, 2.05) is 30.3 Å². The highest BCUT2D eigenvalue weighted by Gasteiger charge is 2.15. The smallest absolute Gasteiger partial charge is 0.231 e. The number of fused-ring (bicyclic) bond motifs is 1. The third-order valence-corrected chi connectivity index (χ3v) is 4.26. The van der Waals surface area contributed by atoms with Crippen molar-refractivity contribution in [1.82, 2.24) is 0 Å². The van der Waals surface area contributed by atoms with Crippen LogP contribution in [-0.2, 0) is 5.75 Å². The number of benzene rings is 2. The molecule has 7 heteroatoms. The van der Waals surface area contributed by atoms with Crippen molar-refractivity contribution >= 4 is 34.7 Å². The molecule has 118 valence electrons. The average Bonchev–Trinajstić information content (AvgIpc) is 3.01. The Kier molecular flexibility index (Phi) is 5.05. The summed E-state index contributed by atoms with van der Waals surface area (Å²) < 4.78 is 10.6. The van der Waals surface area contributed by atoms with Gasteiger partial charge in [0.1, 0.15) is 0 Å². The van der Waals surface area contributed by atoms with Crippen molar-refractivity contribution in [3.05, 3.63) is 58.6 Å². The average molecular weight is 348 g/mol. The minimum Gasteiger partial charge on any atom is -0.454 e. The summed E-state index contributed by atoms with van der Waals surface area (Å²) in [4.78, 5) is 0. The van der Waals surface area contributed by atoms with E-state index in [0.29, 0.717) is 27.3 Å². The SMILES string of the molecule is NC(=NN=Cc1cc2c(cc1Cl)OCO2)SCc1ccccc1. The Balaban J connectivity index is 1.61. The van der Waals surface area contributed by atoms with Crippen LogP contribution in [-0.4, -0.2) is 18.2 Å². The first-order valence-corrected chi connectivity index (χ1v) is 8.21. The largest absolute Gasteiger partial charge is 0.454 e. The quantitative estimate of drug-likeness (QED) is 0.520. The minimum absolute atomic E-state index is 0.202. The van der Waals surface area contributed by atoms with Crippen molar-refractivity contribution in [2.45, 2.75) is 5.75 Å². The van der Waals surface area contributed by atoms with E-state index in [1.165, 1.54) is 17.3 Å². The molecular formula is C16H14ClN3O2S. The highest BCUT2D eigenvalue weighted by Crippen LogP contribution is 2.36. The van der Waals surface area contributed by atoms with E-state index in [-0.39, 0.29) is 6.79 Å². The van der Waals surface area contributed by atoms with Crippen LogP contribution in [0.15, 0.2) is 52.7 Å². The van der Waals surface area contributed by atoms with E-state index in [1.54, 1.807) is 18.3 Å². The molecule has 0 amide bonds. The zero-order valence-corrected chi connectivity index (χ0v) is 13.7. The van der Waals surface area contributed by atoms with Gasteiger partial charge in [-0.3, -0.25) is 0 Å². The lowest BCUT2D eigenvalue weighted by atomic mass is 10.2. The predicted molar refractivity (Wildman–Crippen MR) is 94.5 cm³/mol. The topological polar surface area (TPSA) is 69.2 Å². The van der Waals surface area contributed by atoms with Gasteiger partial charge >= 0.3 is 0 Å². The molecule has 0 aliphatic carbocycles. The number of hydrogen-bond donors (Lipinski definition) is 1. The lowest BCUT2D eigenvalue weighted by Crippen LogP contribution is -2.06. The van der Waals surface area contributed by atoms with Gasteiger partial charge in [0.25, 0.3) is 0 Å². The number of amidine groups is 1. The Morgan fingerprint density at radius 3 is 2.74 bits per heavy atom. The van der Waals surface area contributed by atoms with Gasteiger partial charge in [-0.15, -0.1) is 5.10 Å². The normalized spacial score (nSPS) is 13.7. The molecule has 2 aromatic carbocycles. The number of nitrogens with two attached hydrogens (primary N) is 1. The molecule has 5 nitrogen and oxygen atoms in total. The van der Waals surface area contributed by atoms with Crippen molar-refractivity contribution in [3.63, 3.8) is 0 Å². The highest BCUT2D eigenvalue weighted by molar-refractivity contribution is 8.13. The fraction of sp³-hybridized carbons (Fsp3) is 0.125. The van der Waals surface area contributed by atoms with Gasteiger partial charge in [-0.2, -0.15) is 5.10 Å². The molecule has 1 aliphatic heterocycles. The van der Waals surface area contributed by atoms with E-state index >= 15 is 0 Å². The Hall–Kier alpha value is -2.18. The fourth-order valence-electron chi connectivity index (χ4n) is 1.94. The summed E-state index contributed by atoms with van der Waals surface area (Å²) in [5.74, 6) is 2.02. The summed E-state index contributed by atoms with van der Waals surface area (Å²) in [6, 6.07) is 13.5. The molecule has 1 aliphatic rings. The van der Waals surface area contributed by atoms with Crippen molar-refractivity contribution < 1.29 is 9.47 Å². The van der Waals surface area contributed by atoms with Crippen LogP contribution in [0.5, 0.6) is 11.5 Å². The molecule has 0 fully saturated rings. The summed E-state index contributed by atoms with van der Waals surface area (Å²) in [6.07, 6.45) is 1.54. The Bertz CT molecular complexity index is 750. The van der Waals surface area contributed by atoms with Crippen LogP contribution >= 0.6 is 23.4 Å². The number of nitrogens with zero attached hydrogens (tertiary/aromatic N) is 2. The molecule has 23 heavy (non-hydrogen) atoms. The molecule has 0 unspecified atom stereocenters. The number of halogens is 1. The number of ether oxygens (including phenoxy) is 2. The molecule has 2 N–H and O–H groups in total. The summed E-state index contributed by atoms with van der Waals surface area (Å²) in [5.41, 5.74) is 7.71. The highest BCUT2D eigenvalue weighted by atomic mass is 35.5. The van der Waals surface area contributed by atoms with E-state index in [9.17, 15) is 0 Å². The van der Waals surface area contributed by atoms with Gasteiger partial charge in [0.05, 0.1) is 11.2 Å². The van der Waals surface area contributed by atoms with Crippen molar-refractivity contribution in [2.75, 3.05) is 6.79 Å². The zero-order chi connectivity index (χ0) is 16.1. The number of rotatable bonds is 4.